The SMILES string of the molecule is O=C1CCC(N2Cc3c(SCCCCCCCN4CCC5(CC4)CC5)cccc3C2=O)C(=O)N1. The Kier molecular flexibility index (Phi) is 7.30. The molecule has 3 amide bonds. The average molecular weight is 484 g/mol. The van der Waals surface area contributed by atoms with Crippen molar-refractivity contribution in [2.45, 2.75) is 88.1 Å². The summed E-state index contributed by atoms with van der Waals surface area (Å²) in [6, 6.07) is 5.35. The number of thioether (sulfide) groups is 1. The van der Waals surface area contributed by atoms with E-state index in [0.29, 0.717) is 18.5 Å². The molecule has 0 radical (unpaired) electrons. The summed E-state index contributed by atoms with van der Waals surface area (Å²) in [6.07, 6.45) is 12.9. The predicted octanol–water partition coefficient (Wildman–Crippen LogP) is 4.37. The fraction of sp³-hybridized carbons (Fsp3) is 0.667. The first-order chi connectivity index (χ1) is 16.5. The molecule has 1 aromatic carbocycles. The van der Waals surface area contributed by atoms with Crippen molar-refractivity contribution in [3.63, 3.8) is 0 Å². The second-order valence-electron chi connectivity index (χ2n) is 10.6. The molecule has 3 heterocycles. The Labute approximate surface area is 207 Å². The molecule has 1 atom stereocenters. The first kappa shape index (κ1) is 23.9. The predicted molar refractivity (Wildman–Crippen MR) is 134 cm³/mol. The number of piperidine rings is 2. The van der Waals surface area contributed by atoms with Crippen LogP contribution in [0.15, 0.2) is 23.1 Å². The highest BCUT2D eigenvalue weighted by Crippen LogP contribution is 2.53. The molecule has 3 aliphatic heterocycles. The highest BCUT2D eigenvalue weighted by atomic mass is 32.2. The number of amides is 3. The van der Waals surface area contributed by atoms with Crippen molar-refractivity contribution in [1.82, 2.24) is 15.1 Å². The zero-order valence-corrected chi connectivity index (χ0v) is 21.0. The third-order valence-electron chi connectivity index (χ3n) is 8.29. The average Bonchev–Trinajstić information content (AvgIpc) is 3.51. The third-order valence-corrected chi connectivity index (χ3v) is 9.48. The lowest BCUT2D eigenvalue weighted by atomic mass is 9.93. The van der Waals surface area contributed by atoms with Crippen LogP contribution in [0.1, 0.15) is 86.6 Å². The molecule has 184 valence electrons. The molecule has 1 unspecified atom stereocenters. The number of carbonyl (C=O) groups is 3. The summed E-state index contributed by atoms with van der Waals surface area (Å²) >= 11 is 1.83. The number of nitrogens with one attached hydrogen (secondary N) is 1. The van der Waals surface area contributed by atoms with E-state index in [1.807, 2.05) is 23.9 Å². The Balaban J connectivity index is 1.01. The van der Waals surface area contributed by atoms with Crippen LogP contribution in [0.5, 0.6) is 0 Å². The molecule has 1 spiro atoms. The summed E-state index contributed by atoms with van der Waals surface area (Å²) in [5, 5.41) is 2.38. The van der Waals surface area contributed by atoms with Crippen LogP contribution in [-0.2, 0) is 16.1 Å². The van der Waals surface area contributed by atoms with Gasteiger partial charge in [-0.15, -0.1) is 11.8 Å². The van der Waals surface area contributed by atoms with Gasteiger partial charge in [0.15, 0.2) is 0 Å². The fourth-order valence-electron chi connectivity index (χ4n) is 5.77. The van der Waals surface area contributed by atoms with Crippen molar-refractivity contribution in [3.8, 4) is 0 Å². The molecule has 7 heteroatoms. The Morgan fingerprint density at radius 2 is 1.74 bits per heavy atom. The minimum Gasteiger partial charge on any atom is -0.322 e. The van der Waals surface area contributed by atoms with Crippen LogP contribution in [-0.4, -0.2) is 59.0 Å². The molecule has 2 saturated heterocycles. The molecule has 1 aliphatic carbocycles. The van der Waals surface area contributed by atoms with Gasteiger partial charge in [-0.2, -0.15) is 0 Å². The number of likely N-dealkylation sites (tertiary alicyclic amines) is 1. The van der Waals surface area contributed by atoms with Crippen molar-refractivity contribution >= 4 is 29.5 Å². The zero-order chi connectivity index (χ0) is 23.5. The van der Waals surface area contributed by atoms with Crippen molar-refractivity contribution in [1.29, 1.82) is 0 Å². The zero-order valence-electron chi connectivity index (χ0n) is 20.2. The molecule has 34 heavy (non-hydrogen) atoms. The Morgan fingerprint density at radius 3 is 2.50 bits per heavy atom. The standard InChI is InChI=1S/C27H37N3O3S/c31-24-10-9-22(25(32)28-24)30-19-21-20(26(30)33)7-6-8-23(21)34-18-5-3-1-2-4-15-29-16-13-27(11-12-27)14-17-29/h6-8,22H,1-5,9-19H2,(H,28,31,32). The minimum absolute atomic E-state index is 0.0899. The van der Waals surface area contributed by atoms with E-state index < -0.39 is 6.04 Å². The molecule has 0 bridgehead atoms. The van der Waals surface area contributed by atoms with Gasteiger partial charge >= 0.3 is 0 Å². The normalized spacial score (nSPS) is 23.9. The molecule has 1 saturated carbocycles. The van der Waals surface area contributed by atoms with Crippen molar-refractivity contribution < 1.29 is 14.4 Å². The Bertz CT molecular complexity index is 935. The van der Waals surface area contributed by atoms with E-state index in [1.54, 1.807) is 4.90 Å². The molecule has 6 nitrogen and oxygen atoms in total. The molecule has 5 rings (SSSR count). The van der Waals surface area contributed by atoms with E-state index in [0.717, 1.165) is 21.6 Å². The lowest BCUT2D eigenvalue weighted by Gasteiger charge is -2.32. The second-order valence-corrected chi connectivity index (χ2v) is 11.8. The molecular weight excluding hydrogens is 446 g/mol. The monoisotopic (exact) mass is 483 g/mol. The van der Waals surface area contributed by atoms with E-state index in [2.05, 4.69) is 16.3 Å². The minimum atomic E-state index is -0.546. The first-order valence-corrected chi connectivity index (χ1v) is 14.1. The molecule has 1 aromatic rings. The van der Waals surface area contributed by atoms with Crippen molar-refractivity contribution in [3.05, 3.63) is 29.3 Å². The molecule has 0 aromatic heterocycles. The number of fused-ring (bicyclic) bond motifs is 1. The number of nitrogens with zero attached hydrogens (tertiary/aromatic N) is 2. The summed E-state index contributed by atoms with van der Waals surface area (Å²) in [4.78, 5) is 42.2. The highest BCUT2D eigenvalue weighted by Gasteiger charge is 2.44. The van der Waals surface area contributed by atoms with Gasteiger partial charge in [-0.25, -0.2) is 0 Å². The van der Waals surface area contributed by atoms with Crippen LogP contribution in [0.3, 0.4) is 0 Å². The summed E-state index contributed by atoms with van der Waals surface area (Å²) < 4.78 is 0. The van der Waals surface area contributed by atoms with Gasteiger partial charge in [0.05, 0.1) is 0 Å². The number of hydrogen-bond acceptors (Lipinski definition) is 5. The van der Waals surface area contributed by atoms with Crippen LogP contribution >= 0.6 is 11.8 Å². The number of benzene rings is 1. The van der Waals surface area contributed by atoms with Gasteiger partial charge < -0.3 is 9.80 Å². The Morgan fingerprint density at radius 1 is 0.971 bits per heavy atom. The number of imide groups is 1. The van der Waals surface area contributed by atoms with Crippen molar-refractivity contribution in [2.24, 2.45) is 5.41 Å². The van der Waals surface area contributed by atoms with Gasteiger partial charge in [0.2, 0.25) is 11.8 Å². The first-order valence-electron chi connectivity index (χ1n) is 13.2. The number of carbonyl (C=O) groups excluding carboxylic acids is 3. The van der Waals surface area contributed by atoms with Crippen LogP contribution in [0.2, 0.25) is 0 Å². The van der Waals surface area contributed by atoms with E-state index in [-0.39, 0.29) is 24.1 Å². The smallest absolute Gasteiger partial charge is 0.255 e. The maximum absolute atomic E-state index is 12.9. The third kappa shape index (κ3) is 5.35. The summed E-state index contributed by atoms with van der Waals surface area (Å²) in [5.74, 6) is 0.364. The highest BCUT2D eigenvalue weighted by molar-refractivity contribution is 7.99. The Hall–Kier alpha value is -1.86. The van der Waals surface area contributed by atoms with Gasteiger partial charge in [0, 0.05) is 23.4 Å². The number of unbranched alkanes of at least 4 members (excludes halogenated alkanes) is 4. The largest absolute Gasteiger partial charge is 0.322 e. The lowest BCUT2D eigenvalue weighted by molar-refractivity contribution is -0.136. The number of hydrogen-bond donors (Lipinski definition) is 1. The summed E-state index contributed by atoms with van der Waals surface area (Å²) in [6.45, 7) is 4.38. The van der Waals surface area contributed by atoms with Gasteiger partial charge in [0.1, 0.15) is 6.04 Å². The second kappa shape index (κ2) is 10.4. The van der Waals surface area contributed by atoms with Crippen LogP contribution in [0.4, 0.5) is 0 Å². The van der Waals surface area contributed by atoms with Crippen LogP contribution in [0, 0.1) is 5.41 Å². The maximum Gasteiger partial charge on any atom is 0.255 e. The van der Waals surface area contributed by atoms with Crippen molar-refractivity contribution in [2.75, 3.05) is 25.4 Å². The van der Waals surface area contributed by atoms with Crippen LogP contribution < -0.4 is 5.32 Å². The van der Waals surface area contributed by atoms with Gasteiger partial charge in [-0.1, -0.05) is 25.3 Å². The van der Waals surface area contributed by atoms with E-state index in [9.17, 15) is 14.4 Å². The van der Waals surface area contributed by atoms with Gasteiger partial charge in [-0.3, -0.25) is 19.7 Å². The quantitative estimate of drug-likeness (QED) is 0.304. The van der Waals surface area contributed by atoms with E-state index >= 15 is 0 Å². The molecule has 4 aliphatic rings. The maximum atomic E-state index is 12.9. The number of rotatable bonds is 10. The summed E-state index contributed by atoms with van der Waals surface area (Å²) in [5.41, 5.74) is 2.53. The molecule has 3 fully saturated rings. The van der Waals surface area contributed by atoms with E-state index in [1.165, 1.54) is 77.4 Å². The summed E-state index contributed by atoms with van der Waals surface area (Å²) in [7, 11) is 0. The van der Waals surface area contributed by atoms with Gasteiger partial charge in [-0.05, 0) is 93.4 Å². The lowest BCUT2D eigenvalue weighted by Crippen LogP contribution is -2.52. The van der Waals surface area contributed by atoms with Crippen LogP contribution in [0.25, 0.3) is 0 Å². The fourth-order valence-corrected chi connectivity index (χ4v) is 6.86. The molecular formula is C27H37N3O3S. The molecule has 1 N–H and O–H groups in total. The topological polar surface area (TPSA) is 69.7 Å². The van der Waals surface area contributed by atoms with E-state index in [4.69, 9.17) is 0 Å². The van der Waals surface area contributed by atoms with Gasteiger partial charge in [0.25, 0.3) is 5.91 Å².